The highest BCUT2D eigenvalue weighted by Gasteiger charge is 2.36. The molecular weight excluding hydrogens is 582 g/mol. The van der Waals surface area contributed by atoms with Crippen molar-refractivity contribution in [2.75, 3.05) is 32.7 Å². The summed E-state index contributed by atoms with van der Waals surface area (Å²) in [7, 11) is 0. The number of likely N-dealkylation sites (tertiary alicyclic amines) is 2. The van der Waals surface area contributed by atoms with E-state index in [0.29, 0.717) is 30.7 Å². The van der Waals surface area contributed by atoms with Crippen LogP contribution in [0.4, 0.5) is 0 Å². The van der Waals surface area contributed by atoms with Gasteiger partial charge in [0.15, 0.2) is 0 Å². The lowest BCUT2D eigenvalue weighted by Crippen LogP contribution is -2.42. The van der Waals surface area contributed by atoms with E-state index in [-0.39, 0.29) is 5.92 Å². The fourth-order valence-electron chi connectivity index (χ4n) is 6.55. The Labute approximate surface area is 231 Å². The first-order valence-corrected chi connectivity index (χ1v) is 14.9. The molecule has 3 heterocycles. The van der Waals surface area contributed by atoms with E-state index < -0.39 is 0 Å². The highest BCUT2D eigenvalue weighted by atomic mass is 79.9. The van der Waals surface area contributed by atoms with Gasteiger partial charge in [0, 0.05) is 40.6 Å². The zero-order valence-electron chi connectivity index (χ0n) is 21.0. The number of aromatic nitrogens is 1. The average Bonchev–Trinajstić information content (AvgIpc) is 3.02. The van der Waals surface area contributed by atoms with E-state index in [4.69, 9.17) is 4.98 Å². The number of aldehydes is 1. The molecule has 2 fully saturated rings. The van der Waals surface area contributed by atoms with Gasteiger partial charge in [0.05, 0.1) is 12.2 Å². The lowest BCUT2D eigenvalue weighted by Gasteiger charge is -2.38. The van der Waals surface area contributed by atoms with Crippen LogP contribution in [0, 0.1) is 18.8 Å². The lowest BCUT2D eigenvalue weighted by molar-refractivity contribution is -0.134. The van der Waals surface area contributed by atoms with Gasteiger partial charge in [-0.2, -0.15) is 0 Å². The summed E-state index contributed by atoms with van der Waals surface area (Å²) in [6.07, 6.45) is 9.64. The number of pyridine rings is 1. The number of aryl methyl sites for hydroxylation is 3. The molecule has 36 heavy (non-hydrogen) atoms. The Morgan fingerprint density at radius 2 is 1.75 bits per heavy atom. The van der Waals surface area contributed by atoms with Gasteiger partial charge in [-0.15, -0.1) is 0 Å². The Morgan fingerprint density at radius 3 is 2.47 bits per heavy atom. The van der Waals surface area contributed by atoms with E-state index in [1.165, 1.54) is 32.4 Å². The maximum absolute atomic E-state index is 13.2. The summed E-state index contributed by atoms with van der Waals surface area (Å²) in [4.78, 5) is 33.2. The number of nitrogens with zero attached hydrogens (tertiary/aromatic N) is 3. The van der Waals surface area contributed by atoms with E-state index in [0.717, 1.165) is 75.5 Å². The van der Waals surface area contributed by atoms with Crippen LogP contribution in [-0.2, 0) is 22.4 Å². The molecule has 5 rings (SSSR count). The van der Waals surface area contributed by atoms with Gasteiger partial charge >= 0.3 is 0 Å². The van der Waals surface area contributed by atoms with Crippen molar-refractivity contribution in [1.29, 1.82) is 0 Å². The number of benzene rings is 1. The summed E-state index contributed by atoms with van der Waals surface area (Å²) < 4.78 is 2.23. The van der Waals surface area contributed by atoms with Gasteiger partial charge in [0.1, 0.15) is 6.29 Å². The van der Waals surface area contributed by atoms with Crippen molar-refractivity contribution in [1.82, 2.24) is 14.8 Å². The summed E-state index contributed by atoms with van der Waals surface area (Å²) in [6, 6.07) is 6.85. The molecule has 1 aromatic carbocycles. The topological polar surface area (TPSA) is 53.5 Å². The Morgan fingerprint density at radius 1 is 1.03 bits per heavy atom. The molecule has 0 spiro atoms. The minimum absolute atomic E-state index is 0.250. The fourth-order valence-corrected chi connectivity index (χ4v) is 7.80. The van der Waals surface area contributed by atoms with Gasteiger partial charge in [-0.25, -0.2) is 0 Å². The third kappa shape index (κ3) is 5.63. The van der Waals surface area contributed by atoms with Gasteiger partial charge in [0.2, 0.25) is 5.91 Å². The molecule has 2 saturated heterocycles. The molecule has 1 aromatic heterocycles. The van der Waals surface area contributed by atoms with E-state index in [1.807, 2.05) is 6.20 Å². The van der Waals surface area contributed by atoms with Crippen molar-refractivity contribution in [3.63, 3.8) is 0 Å². The third-order valence-corrected chi connectivity index (χ3v) is 9.55. The SMILES string of the molecule is Cc1cc(Br)c2c(c1)CCc1cc(Br)cnc1C2C1CCN(C(=O)CC2CCN(CC=O)CC2)CC1. The van der Waals surface area contributed by atoms with Gasteiger partial charge in [0.25, 0.3) is 0 Å². The number of carbonyl (C=O) groups excluding carboxylic acids is 2. The second-order valence-electron chi connectivity index (χ2n) is 10.8. The van der Waals surface area contributed by atoms with Crippen LogP contribution >= 0.6 is 31.9 Å². The molecule has 0 bridgehead atoms. The van der Waals surface area contributed by atoms with Crippen LogP contribution in [-0.4, -0.2) is 59.7 Å². The van der Waals surface area contributed by atoms with Crippen molar-refractivity contribution in [2.45, 2.75) is 57.8 Å². The van der Waals surface area contributed by atoms with Crippen molar-refractivity contribution >= 4 is 44.1 Å². The van der Waals surface area contributed by atoms with E-state index >= 15 is 0 Å². The van der Waals surface area contributed by atoms with Crippen molar-refractivity contribution < 1.29 is 9.59 Å². The second kappa shape index (κ2) is 11.4. The van der Waals surface area contributed by atoms with Crippen molar-refractivity contribution in [2.24, 2.45) is 11.8 Å². The summed E-state index contributed by atoms with van der Waals surface area (Å²) in [6.45, 7) is 6.20. The zero-order chi connectivity index (χ0) is 25.2. The van der Waals surface area contributed by atoms with Crippen LogP contribution in [0.5, 0.6) is 0 Å². The smallest absolute Gasteiger partial charge is 0.222 e. The first-order valence-electron chi connectivity index (χ1n) is 13.3. The Hall–Kier alpha value is -1.57. The van der Waals surface area contributed by atoms with E-state index in [2.05, 4.69) is 66.8 Å². The van der Waals surface area contributed by atoms with Crippen molar-refractivity contribution in [3.05, 3.63) is 61.3 Å². The normalized spacial score (nSPS) is 21.5. The second-order valence-corrected chi connectivity index (χ2v) is 12.6. The number of fused-ring (bicyclic) bond motifs is 2. The molecule has 0 radical (unpaired) electrons. The summed E-state index contributed by atoms with van der Waals surface area (Å²) in [5.74, 6) is 1.47. The zero-order valence-corrected chi connectivity index (χ0v) is 24.2. The van der Waals surface area contributed by atoms with Crippen LogP contribution in [0.15, 0.2) is 33.3 Å². The quantitative estimate of drug-likeness (QED) is 0.405. The highest BCUT2D eigenvalue weighted by Crippen LogP contribution is 2.45. The van der Waals surface area contributed by atoms with Crippen LogP contribution in [0.3, 0.4) is 0 Å². The molecule has 0 saturated carbocycles. The predicted molar refractivity (Wildman–Crippen MR) is 149 cm³/mol. The minimum atomic E-state index is 0.250. The number of hydrogen-bond donors (Lipinski definition) is 0. The van der Waals surface area contributed by atoms with Gasteiger partial charge in [-0.05, 0) is 121 Å². The number of piperidine rings is 2. The molecule has 1 unspecified atom stereocenters. The minimum Gasteiger partial charge on any atom is -0.343 e. The van der Waals surface area contributed by atoms with Gasteiger partial charge in [-0.3, -0.25) is 14.7 Å². The van der Waals surface area contributed by atoms with Gasteiger partial charge < -0.3 is 9.69 Å². The number of carbonyl (C=O) groups is 2. The predicted octanol–water partition coefficient (Wildman–Crippen LogP) is 5.69. The van der Waals surface area contributed by atoms with Crippen LogP contribution < -0.4 is 0 Å². The summed E-state index contributed by atoms with van der Waals surface area (Å²) in [5.41, 5.74) is 6.68. The van der Waals surface area contributed by atoms with Crippen LogP contribution in [0.25, 0.3) is 0 Å². The molecule has 2 aliphatic heterocycles. The highest BCUT2D eigenvalue weighted by molar-refractivity contribution is 9.10. The Bertz CT molecular complexity index is 1120. The largest absolute Gasteiger partial charge is 0.343 e. The van der Waals surface area contributed by atoms with Gasteiger partial charge in [-0.1, -0.05) is 22.0 Å². The molecular formula is C29H35Br2N3O2. The molecule has 1 atom stereocenters. The molecule has 7 heteroatoms. The van der Waals surface area contributed by atoms with E-state index in [9.17, 15) is 9.59 Å². The number of rotatable bonds is 5. The summed E-state index contributed by atoms with van der Waals surface area (Å²) >= 11 is 7.56. The monoisotopic (exact) mass is 615 g/mol. The Balaban J connectivity index is 1.30. The first-order chi connectivity index (χ1) is 17.4. The van der Waals surface area contributed by atoms with Crippen LogP contribution in [0.1, 0.15) is 66.0 Å². The lowest BCUT2D eigenvalue weighted by atomic mass is 9.76. The third-order valence-electron chi connectivity index (χ3n) is 8.46. The molecule has 1 aliphatic carbocycles. The molecule has 192 valence electrons. The molecule has 0 N–H and O–H groups in total. The Kier molecular flexibility index (Phi) is 8.28. The first kappa shape index (κ1) is 26.1. The number of hydrogen-bond acceptors (Lipinski definition) is 4. The molecule has 1 amide bonds. The number of halogens is 2. The standard InChI is InChI=1S/C29H35Br2N3O2/c1-19-14-22-2-3-23-17-24(30)18-32-29(23)28(27(22)25(31)15-19)21-6-10-34(11-7-21)26(36)16-20-4-8-33(9-5-20)12-13-35/h13-15,17-18,20-21,28H,2-12,16H2,1H3. The average molecular weight is 617 g/mol. The van der Waals surface area contributed by atoms with Crippen molar-refractivity contribution in [3.8, 4) is 0 Å². The maximum Gasteiger partial charge on any atom is 0.222 e. The van der Waals surface area contributed by atoms with E-state index in [1.54, 1.807) is 0 Å². The fraction of sp³-hybridized carbons (Fsp3) is 0.552. The number of amides is 1. The maximum atomic E-state index is 13.2. The molecule has 2 aromatic rings. The molecule has 3 aliphatic rings. The summed E-state index contributed by atoms with van der Waals surface area (Å²) in [5, 5.41) is 0. The van der Waals surface area contributed by atoms with Crippen LogP contribution in [0.2, 0.25) is 0 Å². The molecule has 5 nitrogen and oxygen atoms in total.